The van der Waals surface area contributed by atoms with Crippen molar-refractivity contribution in [2.24, 2.45) is 0 Å². The molecule has 0 spiro atoms. The van der Waals surface area contributed by atoms with Crippen molar-refractivity contribution in [3.63, 3.8) is 0 Å². The number of benzene rings is 2. The summed E-state index contributed by atoms with van der Waals surface area (Å²) < 4.78 is 33.9. The molecule has 2 heterocycles. The Bertz CT molecular complexity index is 1240. The molecule has 0 atom stereocenters. The van der Waals surface area contributed by atoms with Gasteiger partial charge >= 0.3 is 6.03 Å². The largest absolute Gasteiger partial charge is 0.438 e. The number of nitrogens with one attached hydrogen (secondary N) is 2. The predicted octanol–water partition coefficient (Wildman–Crippen LogP) is 4.99. The average molecular weight is 436 g/mol. The lowest BCUT2D eigenvalue weighted by molar-refractivity contribution is 0.262. The normalized spacial score (nSPS) is 10.6. The van der Waals surface area contributed by atoms with E-state index >= 15 is 0 Å². The zero-order chi connectivity index (χ0) is 22.7. The van der Waals surface area contributed by atoms with Gasteiger partial charge in [0, 0.05) is 29.2 Å². The van der Waals surface area contributed by atoms with Crippen molar-refractivity contribution in [3.8, 4) is 17.4 Å². The van der Waals surface area contributed by atoms with Crippen LogP contribution in [-0.2, 0) is 0 Å². The standard InChI is InChI=1S/C22H18F2N6O2/c1-13-14(2)30(12-25-13)20-7-8-21(29-28-20)32-19-5-3-17(4-6-19)26-22(31)27-18-10-15(23)9-16(24)11-18/h3-12H,1-2H3,(H2,26,27,31). The van der Waals surface area contributed by atoms with Gasteiger partial charge in [0.2, 0.25) is 5.88 Å². The summed E-state index contributed by atoms with van der Waals surface area (Å²) in [4.78, 5) is 16.3. The maximum atomic E-state index is 13.2. The molecule has 0 saturated carbocycles. The maximum Gasteiger partial charge on any atom is 0.323 e. The van der Waals surface area contributed by atoms with E-state index in [1.54, 1.807) is 42.7 Å². The minimum Gasteiger partial charge on any atom is -0.438 e. The first-order valence-electron chi connectivity index (χ1n) is 9.54. The highest BCUT2D eigenvalue weighted by Gasteiger charge is 2.08. The van der Waals surface area contributed by atoms with Gasteiger partial charge in [-0.2, -0.15) is 0 Å². The Morgan fingerprint density at radius 3 is 2.19 bits per heavy atom. The molecule has 0 bridgehead atoms. The van der Waals surface area contributed by atoms with Crippen LogP contribution in [-0.4, -0.2) is 25.8 Å². The number of aryl methyl sites for hydroxylation is 1. The van der Waals surface area contributed by atoms with Gasteiger partial charge in [-0.1, -0.05) is 0 Å². The molecule has 0 saturated heterocycles. The fourth-order valence-corrected chi connectivity index (χ4v) is 2.87. The molecule has 2 amide bonds. The van der Waals surface area contributed by atoms with Crippen molar-refractivity contribution in [2.75, 3.05) is 10.6 Å². The van der Waals surface area contributed by atoms with Gasteiger partial charge in [-0.05, 0) is 56.3 Å². The minimum absolute atomic E-state index is 0.00280. The number of halogens is 2. The van der Waals surface area contributed by atoms with Gasteiger partial charge < -0.3 is 15.4 Å². The van der Waals surface area contributed by atoms with E-state index in [2.05, 4.69) is 25.8 Å². The fraction of sp³-hybridized carbons (Fsp3) is 0.0909. The molecule has 2 aromatic carbocycles. The molecule has 0 radical (unpaired) electrons. The van der Waals surface area contributed by atoms with Gasteiger partial charge in [-0.15, -0.1) is 10.2 Å². The lowest BCUT2D eigenvalue weighted by Crippen LogP contribution is -2.19. The Morgan fingerprint density at radius 1 is 0.906 bits per heavy atom. The van der Waals surface area contributed by atoms with Crippen molar-refractivity contribution in [1.29, 1.82) is 0 Å². The third-order valence-corrected chi connectivity index (χ3v) is 4.58. The highest BCUT2D eigenvalue weighted by atomic mass is 19.1. The lowest BCUT2D eigenvalue weighted by Gasteiger charge is -2.09. The number of hydrogen-bond donors (Lipinski definition) is 2. The Hall–Kier alpha value is -4.34. The number of amides is 2. The van der Waals surface area contributed by atoms with Crippen LogP contribution in [0.15, 0.2) is 60.9 Å². The molecule has 4 aromatic rings. The summed E-state index contributed by atoms with van der Waals surface area (Å²) in [6.07, 6.45) is 1.68. The van der Waals surface area contributed by atoms with E-state index in [-0.39, 0.29) is 5.69 Å². The van der Waals surface area contributed by atoms with Gasteiger partial charge in [0.1, 0.15) is 23.7 Å². The zero-order valence-electron chi connectivity index (χ0n) is 17.1. The number of carbonyl (C=O) groups is 1. The Kier molecular flexibility index (Phi) is 5.75. The second kappa shape index (κ2) is 8.80. The first-order valence-corrected chi connectivity index (χ1v) is 9.54. The van der Waals surface area contributed by atoms with Crippen LogP contribution >= 0.6 is 0 Å². The molecule has 0 aliphatic heterocycles. The second-order valence-corrected chi connectivity index (χ2v) is 6.88. The quantitative estimate of drug-likeness (QED) is 0.460. The highest BCUT2D eigenvalue weighted by molar-refractivity contribution is 5.99. The number of urea groups is 1. The highest BCUT2D eigenvalue weighted by Crippen LogP contribution is 2.22. The molecule has 0 aliphatic carbocycles. The van der Waals surface area contributed by atoms with Crippen LogP contribution < -0.4 is 15.4 Å². The SMILES string of the molecule is Cc1ncn(-c2ccc(Oc3ccc(NC(=O)Nc4cc(F)cc(F)c4)cc3)nn2)c1C. The molecule has 10 heteroatoms. The molecule has 32 heavy (non-hydrogen) atoms. The number of ether oxygens (including phenoxy) is 1. The van der Waals surface area contributed by atoms with E-state index in [0.717, 1.165) is 29.6 Å². The summed E-state index contributed by atoms with van der Waals surface area (Å²) in [6, 6.07) is 12.1. The Labute approximate surface area is 181 Å². The zero-order valence-corrected chi connectivity index (χ0v) is 17.1. The molecular formula is C22H18F2N6O2. The summed E-state index contributed by atoms with van der Waals surface area (Å²) >= 11 is 0. The number of carbonyl (C=O) groups excluding carboxylic acids is 1. The maximum absolute atomic E-state index is 13.2. The first kappa shape index (κ1) is 20.9. The van der Waals surface area contributed by atoms with E-state index in [0.29, 0.717) is 23.1 Å². The van der Waals surface area contributed by atoms with Crippen molar-refractivity contribution >= 4 is 17.4 Å². The molecule has 4 rings (SSSR count). The van der Waals surface area contributed by atoms with Gasteiger partial charge in [0.05, 0.1) is 5.69 Å². The summed E-state index contributed by atoms with van der Waals surface area (Å²) in [5, 5.41) is 13.2. The second-order valence-electron chi connectivity index (χ2n) is 6.88. The third-order valence-electron chi connectivity index (χ3n) is 4.58. The number of aromatic nitrogens is 4. The van der Waals surface area contributed by atoms with Crippen molar-refractivity contribution in [3.05, 3.63) is 83.9 Å². The molecule has 0 unspecified atom stereocenters. The predicted molar refractivity (Wildman–Crippen MR) is 114 cm³/mol. The monoisotopic (exact) mass is 436 g/mol. The minimum atomic E-state index is -0.784. The number of anilines is 2. The molecule has 8 nitrogen and oxygen atoms in total. The van der Waals surface area contributed by atoms with Crippen LogP contribution in [0.4, 0.5) is 25.0 Å². The topological polar surface area (TPSA) is 94.0 Å². The van der Waals surface area contributed by atoms with E-state index < -0.39 is 17.7 Å². The number of rotatable bonds is 5. The summed E-state index contributed by atoms with van der Waals surface area (Å²) in [7, 11) is 0. The van der Waals surface area contributed by atoms with Crippen molar-refractivity contribution in [1.82, 2.24) is 19.7 Å². The first-order chi connectivity index (χ1) is 15.4. The van der Waals surface area contributed by atoms with E-state index in [1.807, 2.05) is 18.4 Å². The van der Waals surface area contributed by atoms with Crippen LogP contribution in [0.2, 0.25) is 0 Å². The van der Waals surface area contributed by atoms with E-state index in [1.165, 1.54) is 0 Å². The van der Waals surface area contributed by atoms with Crippen LogP contribution in [0.25, 0.3) is 5.82 Å². The average Bonchev–Trinajstić information content (AvgIpc) is 3.08. The van der Waals surface area contributed by atoms with E-state index in [9.17, 15) is 13.6 Å². The van der Waals surface area contributed by atoms with Crippen LogP contribution in [0.5, 0.6) is 11.6 Å². The number of hydrogen-bond acceptors (Lipinski definition) is 5. The van der Waals surface area contributed by atoms with Crippen LogP contribution in [0, 0.1) is 25.5 Å². The van der Waals surface area contributed by atoms with Crippen molar-refractivity contribution in [2.45, 2.75) is 13.8 Å². The fourth-order valence-electron chi connectivity index (χ4n) is 2.87. The smallest absolute Gasteiger partial charge is 0.323 e. The van der Waals surface area contributed by atoms with Gasteiger partial charge in [0.25, 0.3) is 0 Å². The summed E-state index contributed by atoms with van der Waals surface area (Å²) in [5.41, 5.74) is 2.35. The number of imidazole rings is 1. The van der Waals surface area contributed by atoms with Crippen LogP contribution in [0.1, 0.15) is 11.4 Å². The van der Waals surface area contributed by atoms with Gasteiger partial charge in [0.15, 0.2) is 5.82 Å². The van der Waals surface area contributed by atoms with Crippen molar-refractivity contribution < 1.29 is 18.3 Å². The van der Waals surface area contributed by atoms with Crippen LogP contribution in [0.3, 0.4) is 0 Å². The number of nitrogens with zero attached hydrogens (tertiary/aromatic N) is 4. The third kappa shape index (κ3) is 4.86. The molecule has 2 N–H and O–H groups in total. The lowest BCUT2D eigenvalue weighted by atomic mass is 10.3. The van der Waals surface area contributed by atoms with E-state index in [4.69, 9.17) is 4.74 Å². The Balaban J connectivity index is 1.36. The molecule has 2 aromatic heterocycles. The molecular weight excluding hydrogens is 418 g/mol. The van der Waals surface area contributed by atoms with Gasteiger partial charge in [-0.25, -0.2) is 18.6 Å². The molecule has 0 fully saturated rings. The summed E-state index contributed by atoms with van der Waals surface area (Å²) in [6.45, 7) is 3.86. The van der Waals surface area contributed by atoms with Gasteiger partial charge in [-0.3, -0.25) is 4.57 Å². The summed E-state index contributed by atoms with van der Waals surface area (Å²) in [5.74, 6) is -0.157. The molecule has 0 aliphatic rings. The molecule has 162 valence electrons. The Morgan fingerprint density at radius 2 is 1.59 bits per heavy atom.